The zero-order valence-corrected chi connectivity index (χ0v) is 17.4. The summed E-state index contributed by atoms with van der Waals surface area (Å²) in [6, 6.07) is 12.5. The van der Waals surface area contributed by atoms with Crippen LogP contribution in [-0.4, -0.2) is 30.9 Å². The first-order chi connectivity index (χ1) is 12.9. The van der Waals surface area contributed by atoms with Crippen LogP contribution >= 0.6 is 36.2 Å². The molecule has 0 spiro atoms. The van der Waals surface area contributed by atoms with Gasteiger partial charge in [-0.1, -0.05) is 30.3 Å². The number of halogens is 2. The molecular weight excluding hydrogens is 415 g/mol. The van der Waals surface area contributed by atoms with Crippen LogP contribution in [0.1, 0.15) is 10.6 Å². The van der Waals surface area contributed by atoms with E-state index in [0.717, 1.165) is 49.0 Å². The second kappa shape index (κ2) is 8.87. The minimum absolute atomic E-state index is 0. The molecule has 1 N–H and O–H groups in total. The normalized spacial score (nSPS) is 12.7. The molecule has 6 nitrogen and oxygen atoms in total. The van der Waals surface area contributed by atoms with Gasteiger partial charge in [0.2, 0.25) is 0 Å². The highest BCUT2D eigenvalue weighted by molar-refractivity contribution is 7.10. The molecule has 4 heterocycles. The molecule has 28 heavy (non-hydrogen) atoms. The molecule has 1 aliphatic rings. The van der Waals surface area contributed by atoms with Crippen LogP contribution in [-0.2, 0) is 19.6 Å². The predicted octanol–water partition coefficient (Wildman–Crippen LogP) is 3.87. The number of benzene rings is 1. The maximum absolute atomic E-state index is 4.74. The maximum atomic E-state index is 4.74. The lowest BCUT2D eigenvalue weighted by Gasteiger charge is -2.13. The molecule has 146 valence electrons. The number of nitrogens with one attached hydrogen (secondary N) is 1. The van der Waals surface area contributed by atoms with Gasteiger partial charge in [0.1, 0.15) is 5.69 Å². The molecule has 0 unspecified atom stereocenters. The van der Waals surface area contributed by atoms with E-state index in [4.69, 9.17) is 5.10 Å². The van der Waals surface area contributed by atoms with Crippen molar-refractivity contribution in [3.05, 3.63) is 64.9 Å². The second-order valence-electron chi connectivity index (χ2n) is 6.29. The number of rotatable bonds is 4. The fourth-order valence-corrected chi connectivity index (χ4v) is 4.12. The molecule has 0 aliphatic carbocycles. The molecule has 0 radical (unpaired) electrons. The first kappa shape index (κ1) is 20.5. The summed E-state index contributed by atoms with van der Waals surface area (Å²) in [5.41, 5.74) is 6.25. The van der Waals surface area contributed by atoms with Crippen LogP contribution in [0, 0.1) is 0 Å². The molecule has 0 atom stereocenters. The molecular formula is C19H20Cl2N6S. The van der Waals surface area contributed by atoms with E-state index in [1.54, 1.807) is 11.3 Å². The van der Waals surface area contributed by atoms with Crippen LogP contribution in [0.2, 0.25) is 0 Å². The van der Waals surface area contributed by atoms with E-state index in [1.807, 2.05) is 36.1 Å². The van der Waals surface area contributed by atoms with Gasteiger partial charge in [0.25, 0.3) is 0 Å². The zero-order chi connectivity index (χ0) is 17.3. The Labute approximate surface area is 179 Å². The third-order valence-electron chi connectivity index (χ3n) is 4.62. The lowest BCUT2D eigenvalue weighted by atomic mass is 10.1. The van der Waals surface area contributed by atoms with E-state index < -0.39 is 0 Å². The summed E-state index contributed by atoms with van der Waals surface area (Å²) in [6.07, 6.45) is 3.86. The largest absolute Gasteiger partial charge is 0.324 e. The Hall–Kier alpha value is -2.19. The van der Waals surface area contributed by atoms with Crippen molar-refractivity contribution < 1.29 is 0 Å². The third kappa shape index (κ3) is 3.84. The van der Waals surface area contributed by atoms with Crippen molar-refractivity contribution in [3.63, 3.8) is 0 Å². The quantitative estimate of drug-likeness (QED) is 0.529. The van der Waals surface area contributed by atoms with Crippen molar-refractivity contribution in [1.29, 1.82) is 0 Å². The molecule has 1 aliphatic heterocycles. The van der Waals surface area contributed by atoms with Crippen molar-refractivity contribution >= 4 is 36.2 Å². The van der Waals surface area contributed by atoms with E-state index in [2.05, 4.69) is 42.7 Å². The van der Waals surface area contributed by atoms with E-state index in [0.29, 0.717) is 0 Å². The van der Waals surface area contributed by atoms with Gasteiger partial charge in [0.15, 0.2) is 5.82 Å². The SMILES string of the molecule is Cl.Cl.c1ccc(-c2ncsc2Cn2ccnc2-c2cc3n(n2)CCNC3)cc1. The Morgan fingerprint density at radius 1 is 1.11 bits per heavy atom. The van der Waals surface area contributed by atoms with Crippen LogP contribution in [0.25, 0.3) is 22.8 Å². The van der Waals surface area contributed by atoms with Gasteiger partial charge < -0.3 is 9.88 Å². The van der Waals surface area contributed by atoms with Crippen LogP contribution in [0.3, 0.4) is 0 Å². The lowest BCUT2D eigenvalue weighted by molar-refractivity contribution is 0.476. The lowest BCUT2D eigenvalue weighted by Crippen LogP contribution is -2.28. The highest BCUT2D eigenvalue weighted by Gasteiger charge is 2.17. The van der Waals surface area contributed by atoms with E-state index >= 15 is 0 Å². The highest BCUT2D eigenvalue weighted by atomic mass is 35.5. The summed E-state index contributed by atoms with van der Waals surface area (Å²) in [4.78, 5) is 10.4. The Bertz CT molecular complexity index is 1020. The van der Waals surface area contributed by atoms with Crippen LogP contribution in [0.4, 0.5) is 0 Å². The van der Waals surface area contributed by atoms with Gasteiger partial charge in [-0.2, -0.15) is 5.10 Å². The standard InChI is InChI=1S/C19H18N6S.2ClH/c1-2-4-14(5-3-1)18-17(26-13-22-18)12-24-8-7-21-19(24)16-10-15-11-20-6-9-25(15)23-16;;/h1-5,7-8,10,13,20H,6,9,11-12H2;2*1H. The summed E-state index contributed by atoms with van der Waals surface area (Å²) in [5.74, 6) is 0.902. The van der Waals surface area contributed by atoms with Crippen molar-refractivity contribution in [3.8, 4) is 22.8 Å². The first-order valence-corrected chi connectivity index (χ1v) is 9.53. The number of hydrogen-bond acceptors (Lipinski definition) is 5. The molecule has 4 aromatic rings. The van der Waals surface area contributed by atoms with Crippen molar-refractivity contribution in [2.24, 2.45) is 0 Å². The fraction of sp³-hybridized carbons (Fsp3) is 0.211. The van der Waals surface area contributed by atoms with Gasteiger partial charge in [-0.15, -0.1) is 36.2 Å². The molecule has 0 amide bonds. The summed E-state index contributed by atoms with van der Waals surface area (Å²) >= 11 is 1.68. The number of fused-ring (bicyclic) bond motifs is 1. The number of nitrogens with zero attached hydrogens (tertiary/aromatic N) is 5. The summed E-state index contributed by atoms with van der Waals surface area (Å²) in [7, 11) is 0. The Morgan fingerprint density at radius 2 is 1.96 bits per heavy atom. The molecule has 0 saturated carbocycles. The Kier molecular flexibility index (Phi) is 6.51. The molecule has 5 rings (SSSR count). The highest BCUT2D eigenvalue weighted by Crippen LogP contribution is 2.27. The first-order valence-electron chi connectivity index (χ1n) is 8.65. The second-order valence-corrected chi connectivity index (χ2v) is 7.23. The van der Waals surface area contributed by atoms with E-state index in [1.165, 1.54) is 10.6 Å². The maximum Gasteiger partial charge on any atom is 0.160 e. The van der Waals surface area contributed by atoms with Gasteiger partial charge in [-0.3, -0.25) is 4.68 Å². The smallest absolute Gasteiger partial charge is 0.160 e. The molecule has 9 heteroatoms. The number of aromatic nitrogens is 5. The minimum atomic E-state index is 0. The average Bonchev–Trinajstić information content (AvgIpc) is 3.41. The number of thiazole rings is 1. The van der Waals surface area contributed by atoms with E-state index in [9.17, 15) is 0 Å². The van der Waals surface area contributed by atoms with Crippen LogP contribution in [0.5, 0.6) is 0 Å². The van der Waals surface area contributed by atoms with Gasteiger partial charge in [0.05, 0.1) is 34.9 Å². The monoisotopic (exact) mass is 434 g/mol. The number of imidazole rings is 1. The molecule has 0 saturated heterocycles. The van der Waals surface area contributed by atoms with E-state index in [-0.39, 0.29) is 24.8 Å². The molecule has 3 aromatic heterocycles. The van der Waals surface area contributed by atoms with Gasteiger partial charge >= 0.3 is 0 Å². The van der Waals surface area contributed by atoms with Gasteiger partial charge in [-0.05, 0) is 6.07 Å². The fourth-order valence-electron chi connectivity index (χ4n) is 3.34. The van der Waals surface area contributed by atoms with Crippen molar-refractivity contribution in [2.75, 3.05) is 6.54 Å². The van der Waals surface area contributed by atoms with Gasteiger partial charge in [-0.25, -0.2) is 9.97 Å². The Balaban J connectivity index is 0.00000112. The summed E-state index contributed by atoms with van der Waals surface area (Å²) < 4.78 is 4.23. The topological polar surface area (TPSA) is 60.6 Å². The van der Waals surface area contributed by atoms with Crippen LogP contribution in [0.15, 0.2) is 54.3 Å². The molecule has 0 bridgehead atoms. The molecule has 1 aromatic carbocycles. The van der Waals surface area contributed by atoms with Gasteiger partial charge in [0, 0.05) is 31.0 Å². The third-order valence-corrected chi connectivity index (χ3v) is 5.43. The van der Waals surface area contributed by atoms with Crippen molar-refractivity contribution in [2.45, 2.75) is 19.6 Å². The van der Waals surface area contributed by atoms with Crippen LogP contribution < -0.4 is 5.32 Å². The average molecular weight is 435 g/mol. The predicted molar refractivity (Wildman–Crippen MR) is 116 cm³/mol. The number of hydrogen-bond donors (Lipinski definition) is 1. The zero-order valence-electron chi connectivity index (χ0n) is 15.0. The van der Waals surface area contributed by atoms with Crippen molar-refractivity contribution in [1.82, 2.24) is 29.6 Å². The Morgan fingerprint density at radius 3 is 2.79 bits per heavy atom. The minimum Gasteiger partial charge on any atom is -0.324 e. The summed E-state index contributed by atoms with van der Waals surface area (Å²) in [6.45, 7) is 3.47. The summed E-state index contributed by atoms with van der Waals surface area (Å²) in [5, 5.41) is 8.13. The molecule has 0 fully saturated rings.